The molecule has 12 aromatic carbocycles. The summed E-state index contributed by atoms with van der Waals surface area (Å²) in [4.78, 5) is 4.90. The molecular formula is C66H42N2O2. The number of anilines is 6. The molecule has 0 radical (unpaired) electrons. The first kappa shape index (κ1) is 39.8. The minimum Gasteiger partial charge on any atom is -0.455 e. The van der Waals surface area contributed by atoms with Crippen molar-refractivity contribution < 1.29 is 8.83 Å². The van der Waals surface area contributed by atoms with E-state index in [-0.39, 0.29) is 0 Å². The van der Waals surface area contributed by atoms with Gasteiger partial charge >= 0.3 is 0 Å². The van der Waals surface area contributed by atoms with E-state index in [0.717, 1.165) is 122 Å². The Balaban J connectivity index is 1.04. The molecule has 0 spiro atoms. The second kappa shape index (κ2) is 16.2. The number of hydrogen-bond donors (Lipinski definition) is 0. The van der Waals surface area contributed by atoms with Crippen LogP contribution in [0, 0.1) is 0 Å². The zero-order valence-electron chi connectivity index (χ0n) is 38.0. The number of para-hydroxylation sites is 6. The SMILES string of the molecule is c1ccc(N(c2cccc(-c3cccc4c3oc3ccccc34)c2)c2c3ccccc3c(N(c3ccccc3)c3cccc(-c4cccc5c4oc4ccccc45)c3)c3cc4ccccc4cc23)cc1. The topological polar surface area (TPSA) is 32.8 Å². The summed E-state index contributed by atoms with van der Waals surface area (Å²) >= 11 is 0. The zero-order valence-corrected chi connectivity index (χ0v) is 38.0. The Labute approximate surface area is 404 Å². The van der Waals surface area contributed by atoms with Gasteiger partial charge < -0.3 is 18.6 Å². The van der Waals surface area contributed by atoms with Gasteiger partial charge in [0.15, 0.2) is 0 Å². The van der Waals surface area contributed by atoms with Crippen LogP contribution in [-0.4, -0.2) is 0 Å². The summed E-state index contributed by atoms with van der Waals surface area (Å²) in [6, 6.07) is 91.4. The lowest BCUT2D eigenvalue weighted by Gasteiger charge is -2.33. The van der Waals surface area contributed by atoms with Gasteiger partial charge in [0.1, 0.15) is 22.3 Å². The third-order valence-electron chi connectivity index (χ3n) is 13.9. The summed E-state index contributed by atoms with van der Waals surface area (Å²) in [5.74, 6) is 0. The lowest BCUT2D eigenvalue weighted by Crippen LogP contribution is -2.14. The van der Waals surface area contributed by atoms with Gasteiger partial charge in [-0.1, -0.05) is 182 Å². The van der Waals surface area contributed by atoms with E-state index in [0.29, 0.717) is 0 Å². The van der Waals surface area contributed by atoms with Gasteiger partial charge in [0.25, 0.3) is 0 Å². The monoisotopic (exact) mass is 894 g/mol. The average Bonchev–Trinajstić information content (AvgIpc) is 4.01. The van der Waals surface area contributed by atoms with Gasteiger partial charge in [-0.15, -0.1) is 0 Å². The summed E-state index contributed by atoms with van der Waals surface area (Å²) in [5.41, 5.74) is 14.2. The van der Waals surface area contributed by atoms with Crippen LogP contribution >= 0.6 is 0 Å². The number of benzene rings is 12. The summed E-state index contributed by atoms with van der Waals surface area (Å²) in [7, 11) is 0. The van der Waals surface area contributed by atoms with Gasteiger partial charge in [-0.05, 0) is 94.7 Å². The van der Waals surface area contributed by atoms with Crippen LogP contribution in [0.4, 0.5) is 34.1 Å². The smallest absolute Gasteiger partial charge is 0.143 e. The fraction of sp³-hybridized carbons (Fsp3) is 0. The van der Waals surface area contributed by atoms with Crippen molar-refractivity contribution in [1.82, 2.24) is 0 Å². The maximum Gasteiger partial charge on any atom is 0.143 e. The fourth-order valence-electron chi connectivity index (χ4n) is 10.8. The molecule has 0 atom stereocenters. The maximum atomic E-state index is 6.61. The zero-order chi connectivity index (χ0) is 46.1. The van der Waals surface area contributed by atoms with Crippen molar-refractivity contribution in [3.8, 4) is 22.3 Å². The first-order valence-corrected chi connectivity index (χ1v) is 23.8. The highest BCUT2D eigenvalue weighted by Crippen LogP contribution is 2.53. The van der Waals surface area contributed by atoms with Crippen molar-refractivity contribution in [2.24, 2.45) is 0 Å². The van der Waals surface area contributed by atoms with Gasteiger partial charge in [0.05, 0.1) is 11.4 Å². The van der Waals surface area contributed by atoms with Crippen LogP contribution in [-0.2, 0) is 0 Å². The standard InChI is InChI=1S/C66H42N2O2/c1-3-23-47(24-4-1)67(49-27-15-21-45(39-49)51-33-17-35-57-53-29-11-13-37-61(53)69-65(51)57)63-55-31-9-10-32-56(55)64(60-42-44-20-8-7-19-43(44)41-59(60)63)68(48-25-5-2-6-26-48)50-28-16-22-46(40-50)52-34-18-36-58-54-30-12-14-38-62(54)70-66(52)58/h1-42H. The Morgan fingerprint density at radius 1 is 0.243 bits per heavy atom. The fourth-order valence-corrected chi connectivity index (χ4v) is 10.8. The van der Waals surface area contributed by atoms with Crippen LogP contribution in [0.1, 0.15) is 0 Å². The highest BCUT2D eigenvalue weighted by molar-refractivity contribution is 6.25. The molecule has 0 aliphatic carbocycles. The first-order valence-electron chi connectivity index (χ1n) is 23.8. The third-order valence-corrected chi connectivity index (χ3v) is 13.9. The number of furan rings is 2. The summed E-state index contributed by atoms with van der Waals surface area (Å²) in [5, 5.41) is 11.3. The minimum atomic E-state index is 0.886. The molecule has 4 nitrogen and oxygen atoms in total. The van der Waals surface area contributed by atoms with Crippen LogP contribution in [0.15, 0.2) is 264 Å². The molecule has 0 N–H and O–H groups in total. The third kappa shape index (κ3) is 6.38. The van der Waals surface area contributed by atoms with Crippen molar-refractivity contribution >= 4 is 110 Å². The first-order chi connectivity index (χ1) is 34.7. The molecule has 2 aromatic heterocycles. The Morgan fingerprint density at radius 3 is 1.06 bits per heavy atom. The van der Waals surface area contributed by atoms with E-state index >= 15 is 0 Å². The molecule has 0 fully saturated rings. The number of fused-ring (bicyclic) bond motifs is 9. The summed E-state index contributed by atoms with van der Waals surface area (Å²) in [6.45, 7) is 0. The van der Waals surface area contributed by atoms with Gasteiger partial charge in [0.2, 0.25) is 0 Å². The second-order valence-electron chi connectivity index (χ2n) is 18.0. The largest absolute Gasteiger partial charge is 0.455 e. The Bertz CT molecular complexity index is 4040. The highest BCUT2D eigenvalue weighted by atomic mass is 16.3. The van der Waals surface area contributed by atoms with Crippen molar-refractivity contribution in [2.45, 2.75) is 0 Å². The predicted molar refractivity (Wildman–Crippen MR) is 294 cm³/mol. The van der Waals surface area contributed by atoms with Crippen molar-refractivity contribution in [3.05, 3.63) is 255 Å². The molecule has 14 rings (SSSR count). The summed E-state index contributed by atoms with van der Waals surface area (Å²) in [6.07, 6.45) is 0. The van der Waals surface area contributed by atoms with E-state index in [1.807, 2.05) is 12.1 Å². The van der Waals surface area contributed by atoms with E-state index < -0.39 is 0 Å². The highest BCUT2D eigenvalue weighted by Gasteiger charge is 2.27. The van der Waals surface area contributed by atoms with Gasteiger partial charge in [0, 0.05) is 77.0 Å². The average molecular weight is 895 g/mol. The van der Waals surface area contributed by atoms with Crippen molar-refractivity contribution in [2.75, 3.05) is 9.80 Å². The normalized spacial score (nSPS) is 11.7. The Hall–Kier alpha value is -9.38. The quantitative estimate of drug-likeness (QED) is 0.112. The molecule has 0 saturated heterocycles. The van der Waals surface area contributed by atoms with E-state index in [9.17, 15) is 0 Å². The number of hydrogen-bond acceptors (Lipinski definition) is 4. The molecule has 0 unspecified atom stereocenters. The lowest BCUT2D eigenvalue weighted by molar-refractivity contribution is 0.669. The summed E-state index contributed by atoms with van der Waals surface area (Å²) < 4.78 is 13.2. The van der Waals surface area contributed by atoms with Gasteiger partial charge in [-0.3, -0.25) is 0 Å². The van der Waals surface area contributed by atoms with Crippen LogP contribution in [0.3, 0.4) is 0 Å². The molecule has 70 heavy (non-hydrogen) atoms. The molecule has 14 aromatic rings. The van der Waals surface area contributed by atoms with E-state index in [1.54, 1.807) is 0 Å². The predicted octanol–water partition coefficient (Wildman–Crippen LogP) is 19.2. The maximum absolute atomic E-state index is 6.61. The molecule has 4 heteroatoms. The number of rotatable bonds is 8. The van der Waals surface area contributed by atoms with Crippen LogP contribution in [0.2, 0.25) is 0 Å². The van der Waals surface area contributed by atoms with Crippen LogP contribution in [0.25, 0.3) is 98.4 Å². The van der Waals surface area contributed by atoms with Gasteiger partial charge in [-0.2, -0.15) is 0 Å². The van der Waals surface area contributed by atoms with Crippen LogP contribution < -0.4 is 9.80 Å². The Kier molecular flexibility index (Phi) is 9.17. The molecule has 2 heterocycles. The molecule has 0 aliphatic rings. The second-order valence-corrected chi connectivity index (χ2v) is 18.0. The molecule has 0 bridgehead atoms. The molecular weight excluding hydrogens is 853 g/mol. The number of nitrogens with zero attached hydrogens (tertiary/aromatic N) is 2. The van der Waals surface area contributed by atoms with Gasteiger partial charge in [-0.25, -0.2) is 0 Å². The lowest BCUT2D eigenvalue weighted by atomic mass is 9.92. The minimum absolute atomic E-state index is 0.886. The molecule has 328 valence electrons. The Morgan fingerprint density at radius 2 is 0.600 bits per heavy atom. The van der Waals surface area contributed by atoms with E-state index in [2.05, 4.69) is 252 Å². The van der Waals surface area contributed by atoms with E-state index in [1.165, 1.54) is 10.8 Å². The molecule has 0 aliphatic heterocycles. The molecule has 0 saturated carbocycles. The van der Waals surface area contributed by atoms with Crippen molar-refractivity contribution in [1.29, 1.82) is 0 Å². The van der Waals surface area contributed by atoms with Crippen LogP contribution in [0.5, 0.6) is 0 Å². The van der Waals surface area contributed by atoms with E-state index in [4.69, 9.17) is 8.83 Å². The molecule has 0 amide bonds. The van der Waals surface area contributed by atoms with Crippen molar-refractivity contribution in [3.63, 3.8) is 0 Å².